The van der Waals surface area contributed by atoms with Crippen LogP contribution in [0.4, 0.5) is 17.1 Å². The smallest absolute Gasteiger partial charge is 0.248 e. The number of carbonyl (C=O) groups excluding carboxylic acids is 1. The molecule has 2 N–H and O–H groups in total. The molecule has 0 saturated carbocycles. The first-order valence-electron chi connectivity index (χ1n) is 11.1. The molecule has 0 fully saturated rings. The van der Waals surface area contributed by atoms with Gasteiger partial charge in [-0.05, 0) is 79.1 Å². The molecule has 1 aliphatic carbocycles. The number of fused-ring (bicyclic) bond motifs is 2. The highest BCUT2D eigenvalue weighted by Gasteiger charge is 2.19. The second kappa shape index (κ2) is 10.7. The van der Waals surface area contributed by atoms with Crippen molar-refractivity contribution in [3.05, 3.63) is 82.2 Å². The van der Waals surface area contributed by atoms with Gasteiger partial charge in [0.05, 0.1) is 24.0 Å². The van der Waals surface area contributed by atoms with Crippen molar-refractivity contribution in [2.75, 3.05) is 17.7 Å². The highest BCUT2D eigenvalue weighted by molar-refractivity contribution is 7.10. The van der Waals surface area contributed by atoms with Gasteiger partial charge in [-0.2, -0.15) is 0 Å². The lowest BCUT2D eigenvalue weighted by Gasteiger charge is -2.22. The molecular weight excluding hydrogens is 466 g/mol. The zero-order valence-corrected chi connectivity index (χ0v) is 20.5. The van der Waals surface area contributed by atoms with Gasteiger partial charge in [-0.15, -0.1) is 23.7 Å². The Labute approximate surface area is 209 Å². The van der Waals surface area contributed by atoms with Gasteiger partial charge in [-0.3, -0.25) is 9.78 Å². The van der Waals surface area contributed by atoms with E-state index in [9.17, 15) is 4.79 Å². The SMILES string of the molecule is COc1ccccc1Nc1c2c(nc3ccc(NC(=O)C=Cc4cccs4)cc13)CCCC2.Cl. The Morgan fingerprint density at radius 3 is 2.76 bits per heavy atom. The number of nitrogens with one attached hydrogen (secondary N) is 2. The van der Waals surface area contributed by atoms with E-state index < -0.39 is 0 Å². The fourth-order valence-corrected chi connectivity index (χ4v) is 4.87. The lowest BCUT2D eigenvalue weighted by molar-refractivity contribution is -0.111. The number of rotatable bonds is 6. The maximum atomic E-state index is 12.5. The van der Waals surface area contributed by atoms with Gasteiger partial charge >= 0.3 is 0 Å². The van der Waals surface area contributed by atoms with E-state index in [0.717, 1.165) is 70.0 Å². The number of nitrogens with zero attached hydrogens (tertiary/aromatic N) is 1. The Morgan fingerprint density at radius 2 is 1.94 bits per heavy atom. The number of pyridine rings is 1. The number of hydrogen-bond donors (Lipinski definition) is 2. The molecule has 0 spiro atoms. The third-order valence-electron chi connectivity index (χ3n) is 5.84. The van der Waals surface area contributed by atoms with Gasteiger partial charge in [0, 0.05) is 27.7 Å². The highest BCUT2D eigenvalue weighted by Crippen LogP contribution is 2.38. The Morgan fingerprint density at radius 1 is 1.09 bits per heavy atom. The van der Waals surface area contributed by atoms with Crippen LogP contribution in [0.2, 0.25) is 0 Å². The van der Waals surface area contributed by atoms with Gasteiger partial charge in [-0.1, -0.05) is 18.2 Å². The molecule has 0 atom stereocenters. The number of aromatic nitrogens is 1. The fraction of sp³-hybridized carbons (Fsp3) is 0.185. The van der Waals surface area contributed by atoms with Gasteiger partial charge in [0.15, 0.2) is 0 Å². The molecule has 2 aromatic carbocycles. The fourth-order valence-electron chi connectivity index (χ4n) is 4.25. The van der Waals surface area contributed by atoms with Crippen LogP contribution in [0.25, 0.3) is 17.0 Å². The second-order valence-corrected chi connectivity index (χ2v) is 8.99. The standard InChI is InChI=1S/C27H25N3O2S.ClH/c1-32-25-11-5-4-10-24(25)30-27-20-8-2-3-9-22(20)29-23-14-12-18(17-21(23)27)28-26(31)15-13-19-7-6-16-33-19;/h4-7,10-17H,2-3,8-9H2,1H3,(H,28,31)(H,29,30);1H. The highest BCUT2D eigenvalue weighted by atomic mass is 35.5. The molecule has 0 aliphatic heterocycles. The monoisotopic (exact) mass is 491 g/mol. The zero-order valence-electron chi connectivity index (χ0n) is 18.8. The van der Waals surface area contributed by atoms with E-state index in [2.05, 4.69) is 10.6 Å². The summed E-state index contributed by atoms with van der Waals surface area (Å²) in [7, 11) is 1.68. The Bertz CT molecular complexity index is 1340. The maximum absolute atomic E-state index is 12.5. The first-order valence-corrected chi connectivity index (χ1v) is 12.0. The summed E-state index contributed by atoms with van der Waals surface area (Å²) in [4.78, 5) is 18.5. The number of carbonyl (C=O) groups is 1. The molecule has 1 aliphatic rings. The van der Waals surface area contributed by atoms with Crippen LogP contribution in [0.15, 0.2) is 66.1 Å². The minimum Gasteiger partial charge on any atom is -0.495 e. The average molecular weight is 492 g/mol. The number of amides is 1. The molecule has 34 heavy (non-hydrogen) atoms. The quantitative estimate of drug-likeness (QED) is 0.285. The van der Waals surface area contributed by atoms with Crippen molar-refractivity contribution in [1.82, 2.24) is 4.98 Å². The number of methoxy groups -OCH3 is 1. The number of halogens is 1. The van der Waals surface area contributed by atoms with Gasteiger partial charge in [0.2, 0.25) is 5.91 Å². The Hall–Kier alpha value is -3.35. The third kappa shape index (κ3) is 5.08. The van der Waals surface area contributed by atoms with E-state index in [1.54, 1.807) is 24.5 Å². The predicted molar refractivity (Wildman–Crippen MR) is 144 cm³/mol. The summed E-state index contributed by atoms with van der Waals surface area (Å²) in [5.74, 6) is 0.628. The number of ether oxygens (including phenoxy) is 1. The minimum atomic E-state index is -0.159. The van der Waals surface area contributed by atoms with Gasteiger partial charge in [0.1, 0.15) is 5.75 Å². The van der Waals surface area contributed by atoms with Crippen LogP contribution in [0.3, 0.4) is 0 Å². The largest absolute Gasteiger partial charge is 0.495 e. The van der Waals surface area contributed by atoms with E-state index in [1.165, 1.54) is 5.56 Å². The number of para-hydroxylation sites is 2. The third-order valence-corrected chi connectivity index (χ3v) is 6.68. The molecule has 174 valence electrons. The molecule has 0 bridgehead atoms. The summed E-state index contributed by atoms with van der Waals surface area (Å²) >= 11 is 1.60. The van der Waals surface area contributed by atoms with Crippen LogP contribution in [0.5, 0.6) is 5.75 Å². The van der Waals surface area contributed by atoms with Crippen molar-refractivity contribution in [1.29, 1.82) is 0 Å². The number of thiophene rings is 1. The molecule has 5 rings (SSSR count). The molecule has 1 amide bonds. The van der Waals surface area contributed by atoms with Crippen molar-refractivity contribution in [2.24, 2.45) is 0 Å². The number of hydrogen-bond acceptors (Lipinski definition) is 5. The Balaban J connectivity index is 0.00000274. The lowest BCUT2D eigenvalue weighted by atomic mass is 9.92. The lowest BCUT2D eigenvalue weighted by Crippen LogP contribution is -2.11. The molecule has 4 aromatic rings. The number of anilines is 3. The summed E-state index contributed by atoms with van der Waals surface area (Å²) < 4.78 is 5.57. The Kier molecular flexibility index (Phi) is 7.50. The molecule has 7 heteroatoms. The normalized spacial score (nSPS) is 12.7. The maximum Gasteiger partial charge on any atom is 0.248 e. The van der Waals surface area contributed by atoms with Gasteiger partial charge in [0.25, 0.3) is 0 Å². The van der Waals surface area contributed by atoms with Gasteiger partial charge < -0.3 is 15.4 Å². The molecule has 2 aromatic heterocycles. The average Bonchev–Trinajstić information content (AvgIpc) is 3.37. The van der Waals surface area contributed by atoms with Crippen LogP contribution in [0, 0.1) is 0 Å². The van der Waals surface area contributed by atoms with Gasteiger partial charge in [-0.25, -0.2) is 0 Å². The summed E-state index contributed by atoms with van der Waals surface area (Å²) in [5.41, 5.74) is 6.02. The van der Waals surface area contributed by atoms with Crippen LogP contribution in [-0.2, 0) is 17.6 Å². The number of benzene rings is 2. The van der Waals surface area contributed by atoms with Crippen LogP contribution >= 0.6 is 23.7 Å². The summed E-state index contributed by atoms with van der Waals surface area (Å²) in [5, 5.41) is 9.60. The second-order valence-electron chi connectivity index (χ2n) is 8.01. The van der Waals surface area contributed by atoms with Crippen molar-refractivity contribution in [3.63, 3.8) is 0 Å². The van der Waals surface area contributed by atoms with Crippen molar-refractivity contribution >= 4 is 63.7 Å². The molecule has 2 heterocycles. The van der Waals surface area contributed by atoms with E-state index in [1.807, 2.05) is 66.1 Å². The first-order chi connectivity index (χ1) is 16.2. The minimum absolute atomic E-state index is 0. The van der Waals surface area contributed by atoms with Crippen LogP contribution < -0.4 is 15.4 Å². The molecular formula is C27H26ClN3O2S. The van der Waals surface area contributed by atoms with Crippen molar-refractivity contribution < 1.29 is 9.53 Å². The summed E-state index contributed by atoms with van der Waals surface area (Å²) in [6.07, 6.45) is 7.66. The zero-order chi connectivity index (χ0) is 22.6. The predicted octanol–water partition coefficient (Wildman–Crippen LogP) is 7.00. The summed E-state index contributed by atoms with van der Waals surface area (Å²) in [6, 6.07) is 17.8. The summed E-state index contributed by atoms with van der Waals surface area (Å²) in [6.45, 7) is 0. The molecule has 5 nitrogen and oxygen atoms in total. The van der Waals surface area contributed by atoms with E-state index in [0.29, 0.717) is 0 Å². The van der Waals surface area contributed by atoms with E-state index in [4.69, 9.17) is 9.72 Å². The molecule has 0 unspecified atom stereocenters. The van der Waals surface area contributed by atoms with E-state index in [-0.39, 0.29) is 18.3 Å². The van der Waals surface area contributed by atoms with Crippen LogP contribution in [-0.4, -0.2) is 18.0 Å². The molecule has 0 radical (unpaired) electrons. The molecule has 0 saturated heterocycles. The van der Waals surface area contributed by atoms with Crippen LogP contribution in [0.1, 0.15) is 29.0 Å². The van der Waals surface area contributed by atoms with Crippen molar-refractivity contribution in [2.45, 2.75) is 25.7 Å². The van der Waals surface area contributed by atoms with Crippen molar-refractivity contribution in [3.8, 4) is 5.75 Å². The van der Waals surface area contributed by atoms with E-state index >= 15 is 0 Å². The first kappa shape index (κ1) is 23.8. The number of aryl methyl sites for hydroxylation is 1. The topological polar surface area (TPSA) is 63.2 Å².